The molecular formula is C10H9BrClFN2. The zero-order valence-corrected chi connectivity index (χ0v) is 10.2. The quantitative estimate of drug-likeness (QED) is 0.859. The molecule has 0 aliphatic rings. The van der Waals surface area contributed by atoms with E-state index in [0.717, 1.165) is 29.7 Å². The highest BCUT2D eigenvalue weighted by molar-refractivity contribution is 9.10. The van der Waals surface area contributed by atoms with Crippen LogP contribution >= 0.6 is 27.5 Å². The van der Waals surface area contributed by atoms with Gasteiger partial charge in [-0.15, -0.1) is 11.6 Å². The Morgan fingerprint density at radius 3 is 3.00 bits per heavy atom. The van der Waals surface area contributed by atoms with Gasteiger partial charge in [-0.2, -0.15) is 0 Å². The maximum absolute atomic E-state index is 13.2. The highest BCUT2D eigenvalue weighted by Crippen LogP contribution is 2.22. The molecule has 1 heterocycles. The molecule has 5 heteroatoms. The molecule has 0 unspecified atom stereocenters. The lowest BCUT2D eigenvalue weighted by Crippen LogP contribution is -1.87. The molecule has 0 saturated carbocycles. The molecule has 15 heavy (non-hydrogen) atoms. The highest BCUT2D eigenvalue weighted by Gasteiger charge is 2.06. The molecule has 1 aromatic carbocycles. The van der Waals surface area contributed by atoms with Crippen molar-refractivity contribution in [1.29, 1.82) is 0 Å². The molecular weight excluding hydrogens is 282 g/mol. The first kappa shape index (κ1) is 10.9. The number of aromatic nitrogens is 2. The molecule has 0 radical (unpaired) electrons. The number of rotatable bonds is 3. The predicted molar refractivity (Wildman–Crippen MR) is 62.8 cm³/mol. The van der Waals surface area contributed by atoms with E-state index in [-0.39, 0.29) is 5.82 Å². The van der Waals surface area contributed by atoms with Crippen LogP contribution in [-0.4, -0.2) is 15.8 Å². The molecule has 2 nitrogen and oxygen atoms in total. The van der Waals surface area contributed by atoms with E-state index in [1.165, 1.54) is 6.07 Å². The van der Waals surface area contributed by atoms with Crippen molar-refractivity contribution in [2.75, 3.05) is 5.88 Å². The topological polar surface area (TPSA) is 28.7 Å². The van der Waals surface area contributed by atoms with Crippen LogP contribution in [0.2, 0.25) is 0 Å². The Morgan fingerprint density at radius 2 is 2.27 bits per heavy atom. The van der Waals surface area contributed by atoms with Crippen LogP contribution in [0.5, 0.6) is 0 Å². The number of H-pyrrole nitrogens is 1. The van der Waals surface area contributed by atoms with Crippen molar-refractivity contribution >= 4 is 38.6 Å². The fourth-order valence-electron chi connectivity index (χ4n) is 1.41. The molecule has 80 valence electrons. The molecule has 2 rings (SSSR count). The van der Waals surface area contributed by atoms with Crippen molar-refractivity contribution in [3.63, 3.8) is 0 Å². The Morgan fingerprint density at radius 1 is 1.47 bits per heavy atom. The van der Waals surface area contributed by atoms with Crippen LogP contribution in [0.25, 0.3) is 11.0 Å². The van der Waals surface area contributed by atoms with Gasteiger partial charge in [0.05, 0.1) is 15.5 Å². The van der Waals surface area contributed by atoms with E-state index in [2.05, 4.69) is 25.9 Å². The third-order valence-corrected chi connectivity index (χ3v) is 3.00. The Labute approximate surface area is 100.0 Å². The number of alkyl halides is 1. The second-order valence-electron chi connectivity index (χ2n) is 3.26. The van der Waals surface area contributed by atoms with E-state index in [0.29, 0.717) is 10.4 Å². The number of hydrogen-bond donors (Lipinski definition) is 1. The van der Waals surface area contributed by atoms with Gasteiger partial charge in [0.15, 0.2) is 0 Å². The first-order valence-electron chi connectivity index (χ1n) is 4.60. The number of nitrogens with zero attached hydrogens (tertiary/aromatic N) is 1. The number of aromatic amines is 1. The van der Waals surface area contributed by atoms with Crippen molar-refractivity contribution in [2.24, 2.45) is 0 Å². The van der Waals surface area contributed by atoms with Gasteiger partial charge >= 0.3 is 0 Å². The van der Waals surface area contributed by atoms with Gasteiger partial charge in [-0.3, -0.25) is 0 Å². The maximum atomic E-state index is 13.2. The van der Waals surface area contributed by atoms with Crippen LogP contribution in [0.15, 0.2) is 16.6 Å². The zero-order chi connectivity index (χ0) is 10.8. The summed E-state index contributed by atoms with van der Waals surface area (Å²) in [6.45, 7) is 0. The molecule has 0 spiro atoms. The maximum Gasteiger partial charge on any atom is 0.139 e. The van der Waals surface area contributed by atoms with Gasteiger partial charge in [-0.05, 0) is 28.4 Å². The molecule has 0 aliphatic heterocycles. The Bertz CT molecular complexity index is 444. The average Bonchev–Trinajstić information content (AvgIpc) is 2.58. The summed E-state index contributed by atoms with van der Waals surface area (Å²) in [7, 11) is 0. The van der Waals surface area contributed by atoms with Gasteiger partial charge in [0.1, 0.15) is 11.6 Å². The number of halogens is 3. The van der Waals surface area contributed by atoms with Crippen LogP contribution in [-0.2, 0) is 6.42 Å². The van der Waals surface area contributed by atoms with Crippen LogP contribution in [0.3, 0.4) is 0 Å². The minimum atomic E-state index is -0.282. The summed E-state index contributed by atoms with van der Waals surface area (Å²) in [6.07, 6.45) is 1.66. The van der Waals surface area contributed by atoms with E-state index < -0.39 is 0 Å². The van der Waals surface area contributed by atoms with Crippen LogP contribution in [0.4, 0.5) is 4.39 Å². The SMILES string of the molecule is Fc1cc2[nH]c(CCCCl)nc2cc1Br. The molecule has 1 N–H and O–H groups in total. The Balaban J connectivity index is 2.38. The van der Waals surface area contributed by atoms with E-state index in [4.69, 9.17) is 11.6 Å². The summed E-state index contributed by atoms with van der Waals surface area (Å²) < 4.78 is 13.6. The van der Waals surface area contributed by atoms with Crippen molar-refractivity contribution in [3.8, 4) is 0 Å². The Hall–Kier alpha value is -0.610. The summed E-state index contributed by atoms with van der Waals surface area (Å²) >= 11 is 8.72. The fourth-order valence-corrected chi connectivity index (χ4v) is 1.88. The van der Waals surface area contributed by atoms with Gasteiger partial charge in [0, 0.05) is 18.4 Å². The second-order valence-corrected chi connectivity index (χ2v) is 4.49. The molecule has 0 amide bonds. The second kappa shape index (κ2) is 4.49. The lowest BCUT2D eigenvalue weighted by atomic mass is 10.3. The molecule has 0 aliphatic carbocycles. The number of benzene rings is 1. The summed E-state index contributed by atoms with van der Waals surface area (Å²) in [5, 5.41) is 0. The third kappa shape index (κ3) is 2.32. The smallest absolute Gasteiger partial charge is 0.139 e. The number of fused-ring (bicyclic) bond motifs is 1. The van der Waals surface area contributed by atoms with Crippen LogP contribution < -0.4 is 0 Å². The van der Waals surface area contributed by atoms with E-state index in [1.807, 2.05) is 0 Å². The first-order valence-corrected chi connectivity index (χ1v) is 5.93. The van der Waals surface area contributed by atoms with Crippen molar-refractivity contribution in [3.05, 3.63) is 28.2 Å². The minimum absolute atomic E-state index is 0.282. The molecule has 0 atom stereocenters. The normalized spacial score (nSPS) is 11.1. The number of imidazole rings is 1. The number of nitrogens with one attached hydrogen (secondary N) is 1. The van der Waals surface area contributed by atoms with Crippen molar-refractivity contribution in [1.82, 2.24) is 9.97 Å². The third-order valence-electron chi connectivity index (χ3n) is 2.12. The molecule has 2 aromatic rings. The highest BCUT2D eigenvalue weighted by atomic mass is 79.9. The summed E-state index contributed by atoms with van der Waals surface area (Å²) in [5.41, 5.74) is 1.49. The zero-order valence-electron chi connectivity index (χ0n) is 7.86. The summed E-state index contributed by atoms with van der Waals surface area (Å²) in [5.74, 6) is 1.17. The largest absolute Gasteiger partial charge is 0.342 e. The van der Waals surface area contributed by atoms with Gasteiger partial charge in [0.25, 0.3) is 0 Å². The van der Waals surface area contributed by atoms with E-state index in [1.54, 1.807) is 6.07 Å². The van der Waals surface area contributed by atoms with Gasteiger partial charge < -0.3 is 4.98 Å². The number of hydrogen-bond acceptors (Lipinski definition) is 1. The summed E-state index contributed by atoms with van der Waals surface area (Å²) in [4.78, 5) is 7.41. The van der Waals surface area contributed by atoms with E-state index >= 15 is 0 Å². The molecule has 0 bridgehead atoms. The van der Waals surface area contributed by atoms with Gasteiger partial charge in [-0.25, -0.2) is 9.37 Å². The average molecular weight is 292 g/mol. The Kier molecular flexibility index (Phi) is 3.26. The minimum Gasteiger partial charge on any atom is -0.342 e. The fraction of sp³-hybridized carbons (Fsp3) is 0.300. The first-order chi connectivity index (χ1) is 7.20. The van der Waals surface area contributed by atoms with Crippen molar-refractivity contribution < 1.29 is 4.39 Å². The van der Waals surface area contributed by atoms with Crippen LogP contribution in [0, 0.1) is 5.82 Å². The van der Waals surface area contributed by atoms with Crippen molar-refractivity contribution in [2.45, 2.75) is 12.8 Å². The summed E-state index contributed by atoms with van der Waals surface area (Å²) in [6, 6.07) is 3.11. The number of aryl methyl sites for hydroxylation is 1. The van der Waals surface area contributed by atoms with E-state index in [9.17, 15) is 4.39 Å². The lowest BCUT2D eigenvalue weighted by Gasteiger charge is -1.92. The van der Waals surface area contributed by atoms with Gasteiger partial charge in [0.2, 0.25) is 0 Å². The van der Waals surface area contributed by atoms with Crippen LogP contribution in [0.1, 0.15) is 12.2 Å². The standard InChI is InChI=1S/C10H9BrClFN2/c11-6-4-8-9(5-7(6)13)15-10(14-8)2-1-3-12/h4-5H,1-3H2,(H,14,15). The van der Waals surface area contributed by atoms with Gasteiger partial charge in [-0.1, -0.05) is 0 Å². The molecule has 1 aromatic heterocycles. The molecule has 0 fully saturated rings. The monoisotopic (exact) mass is 290 g/mol. The molecule has 0 saturated heterocycles. The predicted octanol–water partition coefficient (Wildman–Crippen LogP) is 3.64. The lowest BCUT2D eigenvalue weighted by molar-refractivity contribution is 0.623.